The minimum Gasteiger partial charge on any atom is -0.463 e. The Balaban J connectivity index is 2.00. The zero-order valence-corrected chi connectivity index (χ0v) is 25.9. The predicted molar refractivity (Wildman–Crippen MR) is 158 cm³/mol. The highest BCUT2D eigenvalue weighted by molar-refractivity contribution is 6.74. The highest BCUT2D eigenvalue weighted by Gasteiger charge is 2.41. The number of fused-ring (bicyclic) bond motifs is 1. The number of carbonyl (C=O) groups excluding carboxylic acids is 2. The van der Waals surface area contributed by atoms with Gasteiger partial charge < -0.3 is 14.1 Å². The van der Waals surface area contributed by atoms with Crippen LogP contribution in [-0.2, 0) is 31.6 Å². The SMILES string of the molecule is CCOC(=O)/C=C/c1cccc2c1C[C@H](CO[Si](C)(C)C(C)(C)C)N(C(=O)Cc1c(Cl)cccc1Cl)[C@H]2C. The van der Waals surface area contributed by atoms with Gasteiger partial charge in [0.1, 0.15) is 0 Å². The summed E-state index contributed by atoms with van der Waals surface area (Å²) in [4.78, 5) is 27.8. The zero-order chi connectivity index (χ0) is 28.3. The maximum absolute atomic E-state index is 13.9. The fourth-order valence-corrected chi connectivity index (χ4v) is 6.15. The van der Waals surface area contributed by atoms with Crippen molar-refractivity contribution in [1.82, 2.24) is 4.90 Å². The van der Waals surface area contributed by atoms with Crippen LogP contribution in [0.4, 0.5) is 0 Å². The van der Waals surface area contributed by atoms with Crippen LogP contribution in [0, 0.1) is 0 Å². The molecule has 3 rings (SSSR count). The van der Waals surface area contributed by atoms with Gasteiger partial charge in [0.25, 0.3) is 0 Å². The van der Waals surface area contributed by atoms with Gasteiger partial charge >= 0.3 is 5.97 Å². The minimum atomic E-state index is -2.07. The summed E-state index contributed by atoms with van der Waals surface area (Å²) in [6, 6.07) is 10.9. The first kappa shape index (κ1) is 30.4. The molecular formula is C30H39Cl2NO4Si. The Morgan fingerprint density at radius 2 is 1.74 bits per heavy atom. The Morgan fingerprint density at radius 1 is 1.11 bits per heavy atom. The Morgan fingerprint density at radius 3 is 2.34 bits per heavy atom. The third kappa shape index (κ3) is 6.89. The van der Waals surface area contributed by atoms with Crippen LogP contribution in [0.3, 0.4) is 0 Å². The minimum absolute atomic E-state index is 0.0403. The summed E-state index contributed by atoms with van der Waals surface area (Å²) in [6.45, 7) is 15.6. The average Bonchev–Trinajstić information content (AvgIpc) is 2.83. The van der Waals surface area contributed by atoms with E-state index in [4.69, 9.17) is 32.4 Å². The van der Waals surface area contributed by atoms with Crippen molar-refractivity contribution in [1.29, 1.82) is 0 Å². The van der Waals surface area contributed by atoms with Crippen molar-refractivity contribution in [3.8, 4) is 0 Å². The van der Waals surface area contributed by atoms with Crippen LogP contribution >= 0.6 is 23.2 Å². The topological polar surface area (TPSA) is 55.8 Å². The van der Waals surface area contributed by atoms with Gasteiger partial charge in [-0.25, -0.2) is 4.79 Å². The Hall–Kier alpha value is -2.12. The molecule has 0 N–H and O–H groups in total. The van der Waals surface area contributed by atoms with Gasteiger partial charge in [-0.3, -0.25) is 4.79 Å². The number of halogens is 2. The maximum Gasteiger partial charge on any atom is 0.330 e. The van der Waals surface area contributed by atoms with E-state index in [0.29, 0.717) is 35.2 Å². The molecule has 8 heteroatoms. The normalized spacial score (nSPS) is 18.0. The second kappa shape index (κ2) is 12.4. The first-order valence-corrected chi connectivity index (χ1v) is 16.8. The van der Waals surface area contributed by atoms with E-state index in [9.17, 15) is 9.59 Å². The summed E-state index contributed by atoms with van der Waals surface area (Å²) in [5, 5.41) is 1.01. The van der Waals surface area contributed by atoms with Crippen molar-refractivity contribution in [2.75, 3.05) is 13.2 Å². The molecule has 0 saturated heterocycles. The van der Waals surface area contributed by atoms with Crippen molar-refractivity contribution in [2.45, 2.75) is 77.7 Å². The number of hydrogen-bond donors (Lipinski definition) is 0. The van der Waals surface area contributed by atoms with E-state index in [0.717, 1.165) is 16.7 Å². The molecule has 1 heterocycles. The second-order valence-electron chi connectivity index (χ2n) is 11.3. The third-order valence-electron chi connectivity index (χ3n) is 7.75. The fourth-order valence-electron chi connectivity index (χ4n) is 4.58. The van der Waals surface area contributed by atoms with E-state index >= 15 is 0 Å². The van der Waals surface area contributed by atoms with Crippen LogP contribution in [0.5, 0.6) is 0 Å². The average molecular weight is 577 g/mol. The molecule has 2 atom stereocenters. The number of hydrogen-bond acceptors (Lipinski definition) is 4. The maximum atomic E-state index is 13.9. The van der Waals surface area contributed by atoms with Gasteiger partial charge in [0.15, 0.2) is 8.32 Å². The molecule has 0 aliphatic carbocycles. The Labute approximate surface area is 238 Å². The van der Waals surface area contributed by atoms with Crippen LogP contribution < -0.4 is 0 Å². The van der Waals surface area contributed by atoms with Crippen molar-refractivity contribution < 1.29 is 18.8 Å². The van der Waals surface area contributed by atoms with E-state index < -0.39 is 8.32 Å². The van der Waals surface area contributed by atoms with Gasteiger partial charge in [-0.15, -0.1) is 0 Å². The molecule has 5 nitrogen and oxygen atoms in total. The van der Waals surface area contributed by atoms with E-state index in [1.807, 2.05) is 24.0 Å². The number of amides is 1. The summed E-state index contributed by atoms with van der Waals surface area (Å²) in [6.07, 6.45) is 3.98. The van der Waals surface area contributed by atoms with Gasteiger partial charge in [-0.2, -0.15) is 0 Å². The summed E-state index contributed by atoms with van der Waals surface area (Å²) in [5.74, 6) is -0.422. The summed E-state index contributed by atoms with van der Waals surface area (Å²) in [5.41, 5.74) is 3.75. The van der Waals surface area contributed by atoms with E-state index in [1.54, 1.807) is 31.2 Å². The highest BCUT2D eigenvalue weighted by Crippen LogP contribution is 2.40. The van der Waals surface area contributed by atoms with Gasteiger partial charge in [-0.1, -0.05) is 68.2 Å². The molecule has 0 bridgehead atoms. The molecule has 1 aliphatic rings. The number of esters is 1. The molecule has 2 aromatic rings. The van der Waals surface area contributed by atoms with Crippen molar-refractivity contribution in [3.63, 3.8) is 0 Å². The summed E-state index contributed by atoms with van der Waals surface area (Å²) >= 11 is 12.8. The molecular weight excluding hydrogens is 537 g/mol. The predicted octanol–water partition coefficient (Wildman–Crippen LogP) is 7.65. The number of ether oxygens (including phenoxy) is 1. The summed E-state index contributed by atoms with van der Waals surface area (Å²) in [7, 11) is -2.07. The van der Waals surface area contributed by atoms with Crippen LogP contribution in [-0.4, -0.2) is 44.3 Å². The number of benzene rings is 2. The van der Waals surface area contributed by atoms with Crippen molar-refractivity contribution >= 4 is 49.5 Å². The first-order valence-electron chi connectivity index (χ1n) is 13.1. The van der Waals surface area contributed by atoms with E-state index in [-0.39, 0.29) is 35.4 Å². The van der Waals surface area contributed by atoms with Crippen LogP contribution in [0.15, 0.2) is 42.5 Å². The highest BCUT2D eigenvalue weighted by atomic mass is 35.5. The monoisotopic (exact) mass is 575 g/mol. The number of nitrogens with zero attached hydrogens (tertiary/aromatic N) is 1. The van der Waals surface area contributed by atoms with Crippen LogP contribution in [0.25, 0.3) is 6.08 Å². The van der Waals surface area contributed by atoms with Gasteiger partial charge in [0.05, 0.1) is 31.7 Å². The molecule has 0 fully saturated rings. The first-order chi connectivity index (χ1) is 17.8. The smallest absolute Gasteiger partial charge is 0.330 e. The summed E-state index contributed by atoms with van der Waals surface area (Å²) < 4.78 is 11.7. The fraction of sp³-hybridized carbons (Fsp3) is 0.467. The second-order valence-corrected chi connectivity index (χ2v) is 16.9. The number of carbonyl (C=O) groups is 2. The van der Waals surface area contributed by atoms with Gasteiger partial charge in [-0.05, 0) is 78.9 Å². The molecule has 1 aliphatic heterocycles. The lowest BCUT2D eigenvalue weighted by molar-refractivity contribution is -0.137. The van der Waals surface area contributed by atoms with Crippen LogP contribution in [0.2, 0.25) is 28.2 Å². The largest absolute Gasteiger partial charge is 0.463 e. The lowest BCUT2D eigenvalue weighted by atomic mass is 9.85. The quantitative estimate of drug-likeness (QED) is 0.184. The lowest BCUT2D eigenvalue weighted by Crippen LogP contribution is -2.52. The van der Waals surface area contributed by atoms with Crippen LogP contribution in [0.1, 0.15) is 62.9 Å². The zero-order valence-electron chi connectivity index (χ0n) is 23.4. The third-order valence-corrected chi connectivity index (χ3v) is 13.0. The molecule has 1 amide bonds. The van der Waals surface area contributed by atoms with E-state index in [1.165, 1.54) is 6.08 Å². The molecule has 38 heavy (non-hydrogen) atoms. The molecule has 2 aromatic carbocycles. The van der Waals surface area contributed by atoms with Gasteiger partial charge in [0, 0.05) is 16.1 Å². The number of rotatable bonds is 8. The molecule has 0 unspecified atom stereocenters. The van der Waals surface area contributed by atoms with E-state index in [2.05, 4.69) is 39.9 Å². The Kier molecular flexibility index (Phi) is 9.90. The molecule has 0 radical (unpaired) electrons. The molecule has 206 valence electrons. The standard InChI is InChI=1S/C30H39Cl2NO4Si/c1-8-36-29(35)16-15-21-11-9-12-23-20(2)33(28(34)18-25-26(31)13-10-14-27(25)32)22(17-24(21)23)19-37-38(6,7)30(3,4)5/h9-16,20,22H,8,17-19H2,1-7H3/b16-15+/t20-,22+/m0/s1. The lowest BCUT2D eigenvalue weighted by Gasteiger charge is -2.45. The van der Waals surface area contributed by atoms with Crippen molar-refractivity contribution in [2.24, 2.45) is 0 Å². The molecule has 0 aromatic heterocycles. The van der Waals surface area contributed by atoms with Gasteiger partial charge in [0.2, 0.25) is 5.91 Å². The molecule has 0 saturated carbocycles. The van der Waals surface area contributed by atoms with Crippen molar-refractivity contribution in [3.05, 3.63) is 74.8 Å². The molecule has 0 spiro atoms. The Bertz CT molecular complexity index is 1180.